The van der Waals surface area contributed by atoms with Crippen LogP contribution in [0.15, 0.2) is 109 Å². The summed E-state index contributed by atoms with van der Waals surface area (Å²) in [7, 11) is 4.36. The number of halogens is 1. The van der Waals surface area contributed by atoms with Crippen LogP contribution in [-0.4, -0.2) is 25.5 Å². The van der Waals surface area contributed by atoms with Crippen LogP contribution in [0, 0.1) is 41.5 Å². The normalized spacial score (nSPS) is 15.4. The van der Waals surface area contributed by atoms with Gasteiger partial charge in [-0.2, -0.15) is 0 Å². The van der Waals surface area contributed by atoms with Crippen molar-refractivity contribution in [2.75, 3.05) is 29.2 Å². The molecule has 2 atom stereocenters. The van der Waals surface area contributed by atoms with Crippen LogP contribution in [0.25, 0.3) is 10.8 Å². The Labute approximate surface area is 336 Å². The Morgan fingerprint density at radius 1 is 0.564 bits per heavy atom. The molecule has 6 aromatic rings. The summed E-state index contributed by atoms with van der Waals surface area (Å²) in [6.07, 6.45) is 4.62. The van der Waals surface area contributed by atoms with Gasteiger partial charge in [0.1, 0.15) is 0 Å². The fourth-order valence-electron chi connectivity index (χ4n) is 9.14. The highest BCUT2D eigenvalue weighted by molar-refractivity contribution is 6.21. The Morgan fingerprint density at radius 2 is 1.00 bits per heavy atom. The van der Waals surface area contributed by atoms with E-state index >= 15 is 0 Å². The van der Waals surface area contributed by atoms with Gasteiger partial charge in [-0.25, -0.2) is 0 Å². The van der Waals surface area contributed by atoms with Crippen molar-refractivity contribution < 1.29 is 0 Å². The second-order valence-corrected chi connectivity index (χ2v) is 16.1. The molecular formula is C51H60ClN3. The Kier molecular flexibility index (Phi) is 12.6. The zero-order valence-corrected chi connectivity index (χ0v) is 35.5. The first-order valence-electron chi connectivity index (χ1n) is 20.3. The summed E-state index contributed by atoms with van der Waals surface area (Å²) in [5.74, 6) is 0.0359. The molecule has 2 unspecified atom stereocenters. The van der Waals surface area contributed by atoms with E-state index in [2.05, 4.69) is 180 Å². The number of benzene rings is 6. The van der Waals surface area contributed by atoms with Crippen molar-refractivity contribution in [3.8, 4) is 0 Å². The minimum Gasteiger partial charge on any atom is -0.380 e. The summed E-state index contributed by atoms with van der Waals surface area (Å²) < 4.78 is 0. The van der Waals surface area contributed by atoms with Crippen molar-refractivity contribution >= 4 is 50.8 Å². The lowest BCUT2D eigenvalue weighted by atomic mass is 9.82. The van der Waals surface area contributed by atoms with E-state index in [0.717, 1.165) is 12.8 Å². The van der Waals surface area contributed by atoms with Crippen molar-refractivity contribution in [1.29, 1.82) is 0 Å². The smallest absolute Gasteiger partial charge is 0.0537 e. The van der Waals surface area contributed by atoms with Crippen molar-refractivity contribution in [3.63, 3.8) is 0 Å². The molecule has 0 radical (unpaired) electrons. The topological polar surface area (TPSA) is 18.5 Å². The quantitative estimate of drug-likeness (QED) is 0.117. The molecule has 286 valence electrons. The van der Waals surface area contributed by atoms with Crippen LogP contribution in [0.1, 0.15) is 95.5 Å². The molecule has 1 N–H and O–H groups in total. The monoisotopic (exact) mass is 749 g/mol. The molecule has 55 heavy (non-hydrogen) atoms. The standard InChI is InChI=1S/C49H54ClN3.C2H6/c1-31-27-33(3)48(34(4)28-31)52(7)39-21-17-37(18-22-39)47(38-19-23-40(24-20-38)53(8)49-35(5)29-32(2)30-36(49)6)43-25-26-45(42-14-10-9-13-41(42)43)51-46-16-12-11-15-44(46)50;1-2/h9-10,13-14,17-30,44,46-47,51H,11-12,15-16H2,1-8H3;1-2H3. The summed E-state index contributed by atoms with van der Waals surface area (Å²) in [5, 5.41) is 6.54. The lowest BCUT2D eigenvalue weighted by molar-refractivity contribution is 0.470. The third-order valence-electron chi connectivity index (χ3n) is 11.5. The predicted molar refractivity (Wildman–Crippen MR) is 242 cm³/mol. The highest BCUT2D eigenvalue weighted by Gasteiger charge is 2.25. The average Bonchev–Trinajstić information content (AvgIpc) is 3.17. The molecule has 0 saturated heterocycles. The molecule has 1 saturated carbocycles. The largest absolute Gasteiger partial charge is 0.380 e. The Bertz CT molecular complexity index is 2080. The second-order valence-electron chi connectivity index (χ2n) is 15.5. The number of nitrogens with zero attached hydrogens (tertiary/aromatic N) is 2. The fourth-order valence-corrected chi connectivity index (χ4v) is 9.48. The number of hydrogen-bond donors (Lipinski definition) is 1. The third kappa shape index (κ3) is 8.43. The summed E-state index contributed by atoms with van der Waals surface area (Å²) in [6, 6.07) is 41.4. The van der Waals surface area contributed by atoms with E-state index in [-0.39, 0.29) is 17.3 Å². The van der Waals surface area contributed by atoms with Gasteiger partial charge in [0, 0.05) is 59.9 Å². The van der Waals surface area contributed by atoms with E-state index < -0.39 is 0 Å². The van der Waals surface area contributed by atoms with Crippen molar-refractivity contribution in [2.24, 2.45) is 0 Å². The minimum absolute atomic E-state index is 0.0359. The molecule has 0 bridgehead atoms. The van der Waals surface area contributed by atoms with Crippen LogP contribution in [0.2, 0.25) is 0 Å². The second kappa shape index (κ2) is 17.4. The van der Waals surface area contributed by atoms with Gasteiger partial charge >= 0.3 is 0 Å². The van der Waals surface area contributed by atoms with Crippen LogP contribution in [-0.2, 0) is 0 Å². The van der Waals surface area contributed by atoms with Crippen LogP contribution in [0.3, 0.4) is 0 Å². The van der Waals surface area contributed by atoms with Gasteiger partial charge in [-0.3, -0.25) is 0 Å². The fraction of sp³-hybridized carbons (Fsp3) is 0.333. The van der Waals surface area contributed by atoms with E-state index in [1.165, 1.54) is 102 Å². The maximum absolute atomic E-state index is 6.85. The molecule has 3 nitrogen and oxygen atoms in total. The van der Waals surface area contributed by atoms with Gasteiger partial charge in [-0.05, 0) is 129 Å². The summed E-state index contributed by atoms with van der Waals surface area (Å²) >= 11 is 6.85. The van der Waals surface area contributed by atoms with E-state index in [1.54, 1.807) is 0 Å². The number of alkyl halides is 1. The van der Waals surface area contributed by atoms with Crippen molar-refractivity contribution in [2.45, 2.75) is 98.4 Å². The Morgan fingerprint density at radius 3 is 1.45 bits per heavy atom. The van der Waals surface area contributed by atoms with Gasteiger partial charge in [0.05, 0.1) is 5.38 Å². The predicted octanol–water partition coefficient (Wildman–Crippen LogP) is 14.4. The lowest BCUT2D eigenvalue weighted by Crippen LogP contribution is -2.32. The minimum atomic E-state index is 0.0359. The number of nitrogens with one attached hydrogen (secondary N) is 1. The first kappa shape index (κ1) is 39.9. The SMILES string of the molecule is CC.Cc1cc(C)c(N(C)c2ccc(C(c3ccc(N(C)c4c(C)cc(C)cc4C)cc3)c3ccc(NC4CCCCC4Cl)c4ccccc34)cc2)c(C)c1. The van der Waals surface area contributed by atoms with Gasteiger partial charge in [-0.15, -0.1) is 11.6 Å². The molecule has 0 spiro atoms. The summed E-state index contributed by atoms with van der Waals surface area (Å²) in [6.45, 7) is 17.2. The van der Waals surface area contributed by atoms with E-state index in [1.807, 2.05) is 13.8 Å². The number of anilines is 5. The van der Waals surface area contributed by atoms with E-state index in [0.29, 0.717) is 0 Å². The van der Waals surface area contributed by atoms with Crippen LogP contribution in [0.4, 0.5) is 28.4 Å². The molecule has 0 aromatic heterocycles. The maximum atomic E-state index is 6.85. The van der Waals surface area contributed by atoms with Gasteiger partial charge < -0.3 is 15.1 Å². The van der Waals surface area contributed by atoms with Crippen molar-refractivity contribution in [1.82, 2.24) is 0 Å². The van der Waals surface area contributed by atoms with E-state index in [4.69, 9.17) is 11.6 Å². The maximum Gasteiger partial charge on any atom is 0.0537 e. The average molecular weight is 751 g/mol. The highest BCUT2D eigenvalue weighted by Crippen LogP contribution is 2.42. The van der Waals surface area contributed by atoms with Crippen molar-refractivity contribution in [3.05, 3.63) is 159 Å². The zero-order valence-electron chi connectivity index (χ0n) is 34.7. The van der Waals surface area contributed by atoms with Gasteiger partial charge in [0.2, 0.25) is 0 Å². The molecule has 0 amide bonds. The van der Waals surface area contributed by atoms with Gasteiger partial charge in [0.15, 0.2) is 0 Å². The zero-order chi connectivity index (χ0) is 39.4. The third-order valence-corrected chi connectivity index (χ3v) is 12.0. The summed E-state index contributed by atoms with van der Waals surface area (Å²) in [5.41, 5.74) is 17.7. The molecule has 0 heterocycles. The number of rotatable bonds is 9. The number of aryl methyl sites for hydroxylation is 6. The highest BCUT2D eigenvalue weighted by atomic mass is 35.5. The Balaban J connectivity index is 0.00000253. The number of hydrogen-bond acceptors (Lipinski definition) is 3. The van der Waals surface area contributed by atoms with E-state index in [9.17, 15) is 0 Å². The molecule has 1 aliphatic carbocycles. The number of fused-ring (bicyclic) bond motifs is 1. The molecule has 7 rings (SSSR count). The first-order chi connectivity index (χ1) is 26.5. The molecule has 4 heteroatoms. The molecular weight excluding hydrogens is 690 g/mol. The molecule has 0 aliphatic heterocycles. The van der Waals surface area contributed by atoms with Crippen LogP contribution in [0.5, 0.6) is 0 Å². The van der Waals surface area contributed by atoms with Gasteiger partial charge in [-0.1, -0.05) is 117 Å². The lowest BCUT2D eigenvalue weighted by Gasteiger charge is -2.30. The molecule has 1 aliphatic rings. The molecule has 1 fully saturated rings. The van der Waals surface area contributed by atoms with Crippen LogP contribution >= 0.6 is 11.6 Å². The molecule has 6 aromatic carbocycles. The Hall–Kier alpha value is -4.73. The first-order valence-corrected chi connectivity index (χ1v) is 20.7. The van der Waals surface area contributed by atoms with Crippen LogP contribution < -0.4 is 15.1 Å². The van der Waals surface area contributed by atoms with Gasteiger partial charge in [0.25, 0.3) is 0 Å². The summed E-state index contributed by atoms with van der Waals surface area (Å²) in [4.78, 5) is 4.65.